The quantitative estimate of drug-likeness (QED) is 0.394. The van der Waals surface area contributed by atoms with E-state index < -0.39 is 5.97 Å². The van der Waals surface area contributed by atoms with Crippen molar-refractivity contribution in [3.8, 4) is 11.5 Å². The molecule has 8 heteroatoms. The average Bonchev–Trinajstić information content (AvgIpc) is 2.73. The van der Waals surface area contributed by atoms with Crippen LogP contribution < -0.4 is 14.8 Å². The number of ether oxygens (including phenoxy) is 2. The van der Waals surface area contributed by atoms with Gasteiger partial charge in [0.25, 0.3) is 0 Å². The third kappa shape index (κ3) is 5.30. The number of nitrogens with one attached hydrogen (secondary N) is 1. The number of carbonyl (C=O) groups is 1. The second-order valence-corrected chi connectivity index (χ2v) is 7.54. The Labute approximate surface area is 189 Å². The first kappa shape index (κ1) is 22.1. The lowest BCUT2D eigenvalue weighted by Crippen LogP contribution is -2.04. The molecule has 0 unspecified atom stereocenters. The fourth-order valence-electron chi connectivity index (χ4n) is 2.73. The molecular weight excluding hydrogens is 449 g/mol. The van der Waals surface area contributed by atoms with Gasteiger partial charge in [-0.25, -0.2) is 4.79 Å². The highest BCUT2D eigenvalue weighted by atomic mass is 35.5. The summed E-state index contributed by atoms with van der Waals surface area (Å²) in [5.41, 5.74) is 2.46. The standard InChI is InChI=1S/C22H18Cl3NO4/c1-29-20-9-14(11-26-15-7-5-13(6-8-15)22(27)28)19(25)10-21(20)30-12-16-17(23)3-2-4-18(16)24/h2-10,26H,11-12H2,1H3,(H,27,28). The highest BCUT2D eigenvalue weighted by Gasteiger charge is 2.13. The summed E-state index contributed by atoms with van der Waals surface area (Å²) in [6, 6.07) is 15.2. The van der Waals surface area contributed by atoms with Crippen LogP contribution >= 0.6 is 34.8 Å². The number of hydrogen-bond acceptors (Lipinski definition) is 4. The Hall–Kier alpha value is -2.60. The summed E-state index contributed by atoms with van der Waals surface area (Å²) in [6.45, 7) is 0.580. The van der Waals surface area contributed by atoms with Gasteiger partial charge in [-0.05, 0) is 48.0 Å². The number of halogens is 3. The summed E-state index contributed by atoms with van der Waals surface area (Å²) in [6.07, 6.45) is 0. The molecule has 0 saturated carbocycles. The Bertz CT molecular complexity index is 1030. The second-order valence-electron chi connectivity index (χ2n) is 6.32. The second kappa shape index (κ2) is 9.94. The Balaban J connectivity index is 1.72. The van der Waals surface area contributed by atoms with Crippen LogP contribution in [0.25, 0.3) is 0 Å². The normalized spacial score (nSPS) is 10.5. The molecule has 3 rings (SSSR count). The molecule has 0 spiro atoms. The topological polar surface area (TPSA) is 67.8 Å². The zero-order chi connectivity index (χ0) is 21.7. The van der Waals surface area contributed by atoms with Gasteiger partial charge in [0.2, 0.25) is 0 Å². The van der Waals surface area contributed by atoms with Gasteiger partial charge in [-0.3, -0.25) is 0 Å². The van der Waals surface area contributed by atoms with E-state index in [4.69, 9.17) is 49.4 Å². The summed E-state index contributed by atoms with van der Waals surface area (Å²) >= 11 is 18.8. The maximum Gasteiger partial charge on any atom is 0.335 e. The SMILES string of the molecule is COc1cc(CNc2ccc(C(=O)O)cc2)c(Cl)cc1OCc1c(Cl)cccc1Cl. The predicted molar refractivity (Wildman–Crippen MR) is 120 cm³/mol. The molecule has 0 fully saturated rings. The van der Waals surface area contributed by atoms with Gasteiger partial charge in [0.1, 0.15) is 6.61 Å². The molecule has 0 aliphatic carbocycles. The molecule has 0 atom stereocenters. The van der Waals surface area contributed by atoms with Gasteiger partial charge in [-0.15, -0.1) is 0 Å². The molecule has 30 heavy (non-hydrogen) atoms. The highest BCUT2D eigenvalue weighted by Crippen LogP contribution is 2.35. The molecule has 3 aromatic rings. The van der Waals surface area contributed by atoms with Gasteiger partial charge in [0.15, 0.2) is 11.5 Å². The number of aromatic carboxylic acids is 1. The number of carboxylic acid groups (broad SMARTS) is 1. The van der Waals surface area contributed by atoms with Crippen molar-refractivity contribution in [1.82, 2.24) is 0 Å². The van der Waals surface area contributed by atoms with Crippen LogP contribution in [0.3, 0.4) is 0 Å². The Morgan fingerprint density at radius 3 is 2.23 bits per heavy atom. The van der Waals surface area contributed by atoms with Gasteiger partial charge < -0.3 is 19.9 Å². The summed E-state index contributed by atoms with van der Waals surface area (Å²) in [7, 11) is 1.54. The first-order valence-electron chi connectivity index (χ1n) is 8.88. The van der Waals surface area contributed by atoms with E-state index >= 15 is 0 Å². The minimum atomic E-state index is -0.969. The molecule has 0 bridgehead atoms. The van der Waals surface area contributed by atoms with Crippen LogP contribution in [0.1, 0.15) is 21.5 Å². The molecular formula is C22H18Cl3NO4. The van der Waals surface area contributed by atoms with E-state index in [0.717, 1.165) is 11.3 Å². The molecule has 156 valence electrons. The van der Waals surface area contributed by atoms with Crippen LogP contribution in [0.2, 0.25) is 15.1 Å². The van der Waals surface area contributed by atoms with Crippen molar-refractivity contribution in [2.45, 2.75) is 13.2 Å². The molecule has 0 saturated heterocycles. The molecule has 2 N–H and O–H groups in total. The van der Waals surface area contributed by atoms with Gasteiger partial charge in [0, 0.05) is 38.9 Å². The van der Waals surface area contributed by atoms with Crippen molar-refractivity contribution in [2.75, 3.05) is 12.4 Å². The number of rotatable bonds is 8. The maximum absolute atomic E-state index is 10.9. The maximum atomic E-state index is 10.9. The summed E-state index contributed by atoms with van der Waals surface area (Å²) < 4.78 is 11.3. The lowest BCUT2D eigenvalue weighted by Gasteiger charge is -2.15. The first-order chi connectivity index (χ1) is 14.4. The smallest absolute Gasteiger partial charge is 0.335 e. The van der Waals surface area contributed by atoms with Crippen LogP contribution in [-0.2, 0) is 13.2 Å². The average molecular weight is 467 g/mol. The summed E-state index contributed by atoms with van der Waals surface area (Å²) in [4.78, 5) is 10.9. The minimum Gasteiger partial charge on any atom is -0.493 e. The van der Waals surface area contributed by atoms with E-state index in [9.17, 15) is 4.79 Å². The van der Waals surface area contributed by atoms with Crippen molar-refractivity contribution in [1.29, 1.82) is 0 Å². The van der Waals surface area contributed by atoms with E-state index in [1.807, 2.05) is 0 Å². The fourth-order valence-corrected chi connectivity index (χ4v) is 3.46. The number of benzene rings is 3. The molecule has 3 aromatic carbocycles. The number of anilines is 1. The number of hydrogen-bond donors (Lipinski definition) is 2. The molecule has 0 aliphatic heterocycles. The largest absolute Gasteiger partial charge is 0.493 e. The minimum absolute atomic E-state index is 0.165. The van der Waals surface area contributed by atoms with E-state index in [1.54, 1.807) is 49.6 Å². The van der Waals surface area contributed by atoms with Gasteiger partial charge in [0.05, 0.1) is 12.7 Å². The van der Waals surface area contributed by atoms with Crippen LogP contribution in [-0.4, -0.2) is 18.2 Å². The summed E-state index contributed by atoms with van der Waals surface area (Å²) in [5.74, 6) is 0.0108. The Morgan fingerprint density at radius 1 is 0.967 bits per heavy atom. The van der Waals surface area contributed by atoms with Gasteiger partial charge >= 0.3 is 5.97 Å². The van der Waals surface area contributed by atoms with Crippen LogP contribution in [0.4, 0.5) is 5.69 Å². The monoisotopic (exact) mass is 465 g/mol. The van der Waals surface area contributed by atoms with E-state index in [2.05, 4.69) is 5.32 Å². The lowest BCUT2D eigenvalue weighted by molar-refractivity contribution is 0.0697. The van der Waals surface area contributed by atoms with E-state index in [1.165, 1.54) is 12.1 Å². The van der Waals surface area contributed by atoms with Gasteiger partial charge in [-0.2, -0.15) is 0 Å². The number of methoxy groups -OCH3 is 1. The van der Waals surface area contributed by atoms with E-state index in [0.29, 0.717) is 38.7 Å². The zero-order valence-electron chi connectivity index (χ0n) is 15.9. The van der Waals surface area contributed by atoms with Crippen molar-refractivity contribution in [3.05, 3.63) is 86.4 Å². The highest BCUT2D eigenvalue weighted by molar-refractivity contribution is 6.36. The molecule has 0 radical (unpaired) electrons. The molecule has 0 heterocycles. The van der Waals surface area contributed by atoms with Gasteiger partial charge in [-0.1, -0.05) is 40.9 Å². The first-order valence-corrected chi connectivity index (χ1v) is 10.0. The van der Waals surface area contributed by atoms with Crippen molar-refractivity contribution >= 4 is 46.5 Å². The fraction of sp³-hybridized carbons (Fsp3) is 0.136. The summed E-state index contributed by atoms with van der Waals surface area (Å²) in [5, 5.41) is 13.7. The Morgan fingerprint density at radius 2 is 1.63 bits per heavy atom. The van der Waals surface area contributed by atoms with E-state index in [-0.39, 0.29) is 12.2 Å². The van der Waals surface area contributed by atoms with Crippen LogP contribution in [0.5, 0.6) is 11.5 Å². The third-order valence-electron chi connectivity index (χ3n) is 4.38. The van der Waals surface area contributed by atoms with Crippen LogP contribution in [0, 0.1) is 0 Å². The molecule has 0 amide bonds. The predicted octanol–water partition coefficient (Wildman–Crippen LogP) is 6.54. The lowest BCUT2D eigenvalue weighted by atomic mass is 10.1. The molecule has 0 aliphatic rings. The van der Waals surface area contributed by atoms with Crippen LogP contribution in [0.15, 0.2) is 54.6 Å². The molecule has 5 nitrogen and oxygen atoms in total. The zero-order valence-corrected chi connectivity index (χ0v) is 18.2. The van der Waals surface area contributed by atoms with Crippen molar-refractivity contribution in [2.24, 2.45) is 0 Å². The Kier molecular flexibility index (Phi) is 7.32. The van der Waals surface area contributed by atoms with Crippen molar-refractivity contribution < 1.29 is 19.4 Å². The number of carboxylic acids is 1. The third-order valence-corrected chi connectivity index (χ3v) is 5.44. The van der Waals surface area contributed by atoms with Crippen molar-refractivity contribution in [3.63, 3.8) is 0 Å². The molecule has 0 aromatic heterocycles.